The van der Waals surface area contributed by atoms with Crippen LogP contribution in [0, 0.1) is 0 Å². The molecule has 1 unspecified atom stereocenters. The fraction of sp³-hybridized carbons (Fsp3) is 0.389. The Balaban J connectivity index is 1.96. The highest BCUT2D eigenvalue weighted by molar-refractivity contribution is 5.86. The third kappa shape index (κ3) is 4.30. The molecule has 0 saturated carbocycles. The van der Waals surface area contributed by atoms with Gasteiger partial charge in [-0.15, -0.1) is 0 Å². The molecule has 3 nitrogen and oxygen atoms in total. The molecular formula is C18H24N2O. The lowest BCUT2D eigenvalue weighted by Gasteiger charge is -2.17. The van der Waals surface area contributed by atoms with Crippen molar-refractivity contribution in [2.24, 2.45) is 0 Å². The minimum absolute atomic E-state index is 0.0996. The summed E-state index contributed by atoms with van der Waals surface area (Å²) in [4.78, 5) is 11.6. The van der Waals surface area contributed by atoms with Crippen molar-refractivity contribution in [2.45, 2.75) is 39.3 Å². The van der Waals surface area contributed by atoms with Gasteiger partial charge >= 0.3 is 0 Å². The van der Waals surface area contributed by atoms with Crippen LogP contribution in [-0.2, 0) is 4.79 Å². The van der Waals surface area contributed by atoms with Crippen molar-refractivity contribution < 1.29 is 4.79 Å². The Morgan fingerprint density at radius 2 is 1.76 bits per heavy atom. The molecule has 1 amide bonds. The van der Waals surface area contributed by atoms with E-state index < -0.39 is 0 Å². The first-order valence-corrected chi connectivity index (χ1v) is 7.58. The Labute approximate surface area is 126 Å². The molecule has 0 radical (unpaired) electrons. The topological polar surface area (TPSA) is 41.1 Å². The van der Waals surface area contributed by atoms with E-state index in [1.807, 2.05) is 13.8 Å². The maximum absolute atomic E-state index is 11.6. The SMILES string of the molecule is CC(C)NC(=O)CCNC(C)c1cccc2ccccc12. The van der Waals surface area contributed by atoms with Gasteiger partial charge < -0.3 is 10.6 Å². The fourth-order valence-electron chi connectivity index (χ4n) is 2.53. The quantitative estimate of drug-likeness (QED) is 0.853. The molecular weight excluding hydrogens is 260 g/mol. The second kappa shape index (κ2) is 7.23. The normalized spacial score (nSPS) is 12.6. The Bertz CT molecular complexity index is 602. The highest BCUT2D eigenvalue weighted by atomic mass is 16.1. The molecule has 21 heavy (non-hydrogen) atoms. The summed E-state index contributed by atoms with van der Waals surface area (Å²) in [5.74, 6) is 0.0996. The van der Waals surface area contributed by atoms with Gasteiger partial charge in [-0.2, -0.15) is 0 Å². The largest absolute Gasteiger partial charge is 0.354 e. The number of hydrogen-bond acceptors (Lipinski definition) is 2. The number of hydrogen-bond donors (Lipinski definition) is 2. The molecule has 2 aromatic rings. The Morgan fingerprint density at radius 3 is 2.52 bits per heavy atom. The molecule has 0 fully saturated rings. The van der Waals surface area contributed by atoms with E-state index in [1.54, 1.807) is 0 Å². The molecule has 0 aromatic heterocycles. The van der Waals surface area contributed by atoms with Crippen molar-refractivity contribution in [3.8, 4) is 0 Å². The standard InChI is InChI=1S/C18H24N2O/c1-13(2)20-18(21)11-12-19-14(3)16-10-6-8-15-7-4-5-9-17(15)16/h4-10,13-14,19H,11-12H2,1-3H3,(H,20,21). The first kappa shape index (κ1) is 15.5. The highest BCUT2D eigenvalue weighted by Gasteiger charge is 2.09. The zero-order valence-corrected chi connectivity index (χ0v) is 13.0. The number of carbonyl (C=O) groups is 1. The van der Waals surface area contributed by atoms with Crippen LogP contribution in [0.5, 0.6) is 0 Å². The molecule has 3 heteroatoms. The van der Waals surface area contributed by atoms with Gasteiger partial charge in [0.2, 0.25) is 5.91 Å². The van der Waals surface area contributed by atoms with Crippen molar-refractivity contribution in [2.75, 3.05) is 6.54 Å². The summed E-state index contributed by atoms with van der Waals surface area (Å²) in [5, 5.41) is 8.86. The predicted octanol–water partition coefficient (Wildman–Crippen LogP) is 3.41. The highest BCUT2D eigenvalue weighted by Crippen LogP contribution is 2.23. The number of amides is 1. The van der Waals surface area contributed by atoms with E-state index in [4.69, 9.17) is 0 Å². The lowest BCUT2D eigenvalue weighted by atomic mass is 10.00. The van der Waals surface area contributed by atoms with Crippen LogP contribution in [0.1, 0.15) is 38.8 Å². The average Bonchev–Trinajstić information content (AvgIpc) is 2.45. The summed E-state index contributed by atoms with van der Waals surface area (Å²) in [5.41, 5.74) is 1.28. The molecule has 0 saturated heterocycles. The third-order valence-corrected chi connectivity index (χ3v) is 3.54. The minimum Gasteiger partial charge on any atom is -0.354 e. The Hall–Kier alpha value is -1.87. The summed E-state index contributed by atoms with van der Waals surface area (Å²) < 4.78 is 0. The number of nitrogens with one attached hydrogen (secondary N) is 2. The first-order valence-electron chi connectivity index (χ1n) is 7.58. The summed E-state index contributed by atoms with van der Waals surface area (Å²) in [6.07, 6.45) is 0.507. The Morgan fingerprint density at radius 1 is 1.05 bits per heavy atom. The van der Waals surface area contributed by atoms with Crippen molar-refractivity contribution >= 4 is 16.7 Å². The van der Waals surface area contributed by atoms with Crippen LogP contribution in [0.15, 0.2) is 42.5 Å². The molecule has 0 spiro atoms. The molecule has 112 valence electrons. The van der Waals surface area contributed by atoms with Gasteiger partial charge in [0.15, 0.2) is 0 Å². The lowest BCUT2D eigenvalue weighted by molar-refractivity contribution is -0.121. The second-order valence-corrected chi connectivity index (χ2v) is 5.72. The van der Waals surface area contributed by atoms with Crippen molar-refractivity contribution in [1.29, 1.82) is 0 Å². The van der Waals surface area contributed by atoms with Gasteiger partial charge in [0.05, 0.1) is 0 Å². The number of rotatable bonds is 6. The number of fused-ring (bicyclic) bond motifs is 1. The monoisotopic (exact) mass is 284 g/mol. The molecule has 0 aliphatic rings. The van der Waals surface area contributed by atoms with Gasteiger partial charge in [0, 0.05) is 25.0 Å². The van der Waals surface area contributed by atoms with E-state index in [0.717, 1.165) is 0 Å². The molecule has 0 aliphatic heterocycles. The zero-order chi connectivity index (χ0) is 15.2. The van der Waals surface area contributed by atoms with E-state index >= 15 is 0 Å². The number of benzene rings is 2. The van der Waals surface area contributed by atoms with Crippen LogP contribution in [0.25, 0.3) is 10.8 Å². The van der Waals surface area contributed by atoms with Crippen LogP contribution in [0.4, 0.5) is 0 Å². The predicted molar refractivity (Wildman–Crippen MR) is 88.3 cm³/mol. The molecule has 1 atom stereocenters. The molecule has 0 aliphatic carbocycles. The average molecular weight is 284 g/mol. The maximum Gasteiger partial charge on any atom is 0.221 e. The molecule has 2 rings (SSSR count). The van der Waals surface area contributed by atoms with E-state index in [0.29, 0.717) is 13.0 Å². The van der Waals surface area contributed by atoms with E-state index in [-0.39, 0.29) is 18.0 Å². The summed E-state index contributed by atoms with van der Waals surface area (Å²) in [6, 6.07) is 15.2. The maximum atomic E-state index is 11.6. The van der Waals surface area contributed by atoms with E-state index in [9.17, 15) is 4.79 Å². The molecule has 0 bridgehead atoms. The van der Waals surface area contributed by atoms with Gasteiger partial charge in [-0.1, -0.05) is 42.5 Å². The van der Waals surface area contributed by atoms with Crippen LogP contribution in [-0.4, -0.2) is 18.5 Å². The van der Waals surface area contributed by atoms with Gasteiger partial charge in [0.1, 0.15) is 0 Å². The summed E-state index contributed by atoms with van der Waals surface area (Å²) in [6.45, 7) is 6.78. The molecule has 2 N–H and O–H groups in total. The molecule has 2 aromatic carbocycles. The van der Waals surface area contributed by atoms with Crippen LogP contribution in [0.2, 0.25) is 0 Å². The second-order valence-electron chi connectivity index (χ2n) is 5.72. The van der Waals surface area contributed by atoms with Gasteiger partial charge in [0.25, 0.3) is 0 Å². The fourth-order valence-corrected chi connectivity index (χ4v) is 2.53. The van der Waals surface area contributed by atoms with Gasteiger partial charge in [-0.25, -0.2) is 0 Å². The van der Waals surface area contributed by atoms with Gasteiger partial charge in [-0.05, 0) is 37.1 Å². The lowest BCUT2D eigenvalue weighted by Crippen LogP contribution is -2.33. The van der Waals surface area contributed by atoms with Crippen LogP contribution < -0.4 is 10.6 Å². The zero-order valence-electron chi connectivity index (χ0n) is 13.0. The third-order valence-electron chi connectivity index (χ3n) is 3.54. The smallest absolute Gasteiger partial charge is 0.221 e. The van der Waals surface area contributed by atoms with Crippen molar-refractivity contribution in [3.05, 3.63) is 48.0 Å². The summed E-state index contributed by atoms with van der Waals surface area (Å²) in [7, 11) is 0. The molecule has 0 heterocycles. The van der Waals surface area contributed by atoms with E-state index in [2.05, 4.69) is 60.0 Å². The van der Waals surface area contributed by atoms with Gasteiger partial charge in [-0.3, -0.25) is 4.79 Å². The van der Waals surface area contributed by atoms with Crippen LogP contribution >= 0.6 is 0 Å². The minimum atomic E-state index is 0.0996. The van der Waals surface area contributed by atoms with Crippen molar-refractivity contribution in [1.82, 2.24) is 10.6 Å². The van der Waals surface area contributed by atoms with Crippen molar-refractivity contribution in [3.63, 3.8) is 0 Å². The Kier molecular flexibility index (Phi) is 5.34. The van der Waals surface area contributed by atoms with Crippen LogP contribution in [0.3, 0.4) is 0 Å². The number of carbonyl (C=O) groups excluding carboxylic acids is 1. The summed E-state index contributed by atoms with van der Waals surface area (Å²) >= 11 is 0. The first-order chi connectivity index (χ1) is 10.1. The van der Waals surface area contributed by atoms with E-state index in [1.165, 1.54) is 16.3 Å².